The van der Waals surface area contributed by atoms with Crippen molar-refractivity contribution in [2.75, 3.05) is 6.79 Å². The Kier molecular flexibility index (Phi) is 2.63. The van der Waals surface area contributed by atoms with Crippen LogP contribution < -0.4 is 0 Å². The van der Waals surface area contributed by atoms with E-state index in [1.807, 2.05) is 0 Å². The first-order valence-corrected chi connectivity index (χ1v) is 4.79. The quantitative estimate of drug-likeness (QED) is 0.647. The molecule has 1 saturated heterocycles. The van der Waals surface area contributed by atoms with E-state index in [9.17, 15) is 5.11 Å². The highest BCUT2D eigenvalue weighted by Crippen LogP contribution is 2.31. The van der Waals surface area contributed by atoms with Crippen LogP contribution in [0.15, 0.2) is 0 Å². The van der Waals surface area contributed by atoms with Crippen LogP contribution in [0.5, 0.6) is 0 Å². The third-order valence-corrected chi connectivity index (χ3v) is 2.89. The molecule has 2 rings (SSSR count). The van der Waals surface area contributed by atoms with Crippen molar-refractivity contribution in [1.29, 1.82) is 0 Å². The molecule has 2 fully saturated rings. The van der Waals surface area contributed by atoms with Gasteiger partial charge in [-0.05, 0) is 18.8 Å². The Morgan fingerprint density at radius 1 is 1.00 bits per heavy atom. The molecule has 0 aromatic heterocycles. The fourth-order valence-corrected chi connectivity index (χ4v) is 2.20. The van der Waals surface area contributed by atoms with Gasteiger partial charge < -0.3 is 14.6 Å². The maximum atomic E-state index is 9.39. The van der Waals surface area contributed by atoms with Gasteiger partial charge in [0, 0.05) is 0 Å². The minimum Gasteiger partial charge on any atom is -0.366 e. The zero-order chi connectivity index (χ0) is 8.39. The zero-order valence-corrected chi connectivity index (χ0v) is 7.24. The van der Waals surface area contributed by atoms with Crippen molar-refractivity contribution in [3.8, 4) is 0 Å². The van der Waals surface area contributed by atoms with Gasteiger partial charge in [-0.25, -0.2) is 0 Å². The fraction of sp³-hybridized carbons (Fsp3) is 1.00. The Balaban J connectivity index is 1.89. The average molecular weight is 172 g/mol. The van der Waals surface area contributed by atoms with Crippen LogP contribution in [0.2, 0.25) is 0 Å². The lowest BCUT2D eigenvalue weighted by Crippen LogP contribution is -2.31. The number of aliphatic hydroxyl groups is 1. The lowest BCUT2D eigenvalue weighted by Gasteiger charge is -2.27. The molecular weight excluding hydrogens is 156 g/mol. The molecule has 0 radical (unpaired) electrons. The van der Waals surface area contributed by atoms with E-state index in [-0.39, 0.29) is 12.9 Å². The molecule has 1 aliphatic carbocycles. The standard InChI is InChI=1S/C9H16O3/c10-9-8(11-6-12-9)7-4-2-1-3-5-7/h7-10H,1-6H2/t8-,9+/m0/s1. The number of ether oxygens (including phenoxy) is 2. The summed E-state index contributed by atoms with van der Waals surface area (Å²) in [5, 5.41) is 9.39. The molecule has 1 heterocycles. The molecule has 1 aliphatic heterocycles. The van der Waals surface area contributed by atoms with Gasteiger partial charge in [-0.1, -0.05) is 19.3 Å². The Hall–Kier alpha value is -0.120. The Bertz CT molecular complexity index is 143. The maximum Gasteiger partial charge on any atom is 0.184 e. The number of hydrogen-bond donors (Lipinski definition) is 1. The molecule has 70 valence electrons. The second-order valence-corrected chi connectivity index (χ2v) is 3.70. The van der Waals surface area contributed by atoms with Gasteiger partial charge in [-0.3, -0.25) is 0 Å². The van der Waals surface area contributed by atoms with Crippen molar-refractivity contribution in [3.63, 3.8) is 0 Å². The van der Waals surface area contributed by atoms with Gasteiger partial charge in [-0.15, -0.1) is 0 Å². The van der Waals surface area contributed by atoms with Crippen molar-refractivity contribution >= 4 is 0 Å². The van der Waals surface area contributed by atoms with Crippen LogP contribution in [0.1, 0.15) is 32.1 Å². The number of aliphatic hydroxyl groups excluding tert-OH is 1. The second-order valence-electron chi connectivity index (χ2n) is 3.70. The summed E-state index contributed by atoms with van der Waals surface area (Å²) in [4.78, 5) is 0. The van der Waals surface area contributed by atoms with E-state index in [1.54, 1.807) is 0 Å². The van der Waals surface area contributed by atoms with Crippen LogP contribution in [-0.4, -0.2) is 24.3 Å². The van der Waals surface area contributed by atoms with Crippen LogP contribution in [-0.2, 0) is 9.47 Å². The summed E-state index contributed by atoms with van der Waals surface area (Å²) in [7, 11) is 0. The molecule has 1 N–H and O–H groups in total. The third-order valence-electron chi connectivity index (χ3n) is 2.89. The van der Waals surface area contributed by atoms with Gasteiger partial charge in [0.05, 0.1) is 0 Å². The Morgan fingerprint density at radius 3 is 2.33 bits per heavy atom. The summed E-state index contributed by atoms with van der Waals surface area (Å²) >= 11 is 0. The predicted octanol–water partition coefficient (Wildman–Crippen LogP) is 1.26. The van der Waals surface area contributed by atoms with Crippen molar-refractivity contribution in [3.05, 3.63) is 0 Å². The van der Waals surface area contributed by atoms with E-state index >= 15 is 0 Å². The number of rotatable bonds is 1. The van der Waals surface area contributed by atoms with Crippen molar-refractivity contribution in [1.82, 2.24) is 0 Å². The molecule has 0 aromatic carbocycles. The van der Waals surface area contributed by atoms with Crippen LogP contribution in [0.25, 0.3) is 0 Å². The summed E-state index contributed by atoms with van der Waals surface area (Å²) < 4.78 is 10.3. The first kappa shape index (κ1) is 8.48. The third kappa shape index (κ3) is 1.63. The summed E-state index contributed by atoms with van der Waals surface area (Å²) in [6.45, 7) is 0.266. The molecule has 0 aromatic rings. The molecule has 0 bridgehead atoms. The maximum absolute atomic E-state index is 9.39. The van der Waals surface area contributed by atoms with Crippen LogP contribution in [0.4, 0.5) is 0 Å². The lowest BCUT2D eigenvalue weighted by molar-refractivity contribution is -0.0778. The molecule has 3 heteroatoms. The minimum atomic E-state index is -0.673. The van der Waals surface area contributed by atoms with E-state index in [0.717, 1.165) is 0 Å². The normalized spacial score (nSPS) is 38.8. The summed E-state index contributed by atoms with van der Waals surface area (Å²) in [5.41, 5.74) is 0. The smallest absolute Gasteiger partial charge is 0.184 e. The Labute approximate surface area is 72.7 Å². The van der Waals surface area contributed by atoms with Gasteiger partial charge >= 0.3 is 0 Å². The molecule has 0 spiro atoms. The molecule has 12 heavy (non-hydrogen) atoms. The van der Waals surface area contributed by atoms with Gasteiger partial charge in [0.25, 0.3) is 0 Å². The van der Waals surface area contributed by atoms with Crippen LogP contribution in [0.3, 0.4) is 0 Å². The summed E-state index contributed by atoms with van der Waals surface area (Å²) in [5.74, 6) is 0.524. The predicted molar refractivity (Wildman–Crippen MR) is 43.4 cm³/mol. The highest BCUT2D eigenvalue weighted by Gasteiger charge is 2.34. The molecular formula is C9H16O3. The Morgan fingerprint density at radius 2 is 1.75 bits per heavy atom. The van der Waals surface area contributed by atoms with E-state index in [0.29, 0.717) is 5.92 Å². The highest BCUT2D eigenvalue weighted by molar-refractivity contribution is 4.78. The van der Waals surface area contributed by atoms with Crippen molar-refractivity contribution in [2.24, 2.45) is 5.92 Å². The van der Waals surface area contributed by atoms with Crippen LogP contribution >= 0.6 is 0 Å². The minimum absolute atomic E-state index is 0.0506. The molecule has 0 amide bonds. The monoisotopic (exact) mass is 172 g/mol. The van der Waals surface area contributed by atoms with Crippen molar-refractivity contribution < 1.29 is 14.6 Å². The van der Waals surface area contributed by atoms with Gasteiger partial charge in [0.2, 0.25) is 0 Å². The number of hydrogen-bond acceptors (Lipinski definition) is 3. The SMILES string of the molecule is O[C@@H]1OCO[C@H]1C1CCCCC1. The van der Waals surface area contributed by atoms with Gasteiger partial charge in [-0.2, -0.15) is 0 Å². The van der Waals surface area contributed by atoms with Crippen molar-refractivity contribution in [2.45, 2.75) is 44.5 Å². The van der Waals surface area contributed by atoms with Gasteiger partial charge in [0.15, 0.2) is 13.1 Å². The zero-order valence-electron chi connectivity index (χ0n) is 7.24. The fourth-order valence-electron chi connectivity index (χ4n) is 2.20. The topological polar surface area (TPSA) is 38.7 Å². The summed E-state index contributed by atoms with van der Waals surface area (Å²) in [6.07, 6.45) is 5.53. The largest absolute Gasteiger partial charge is 0.366 e. The second kappa shape index (κ2) is 3.73. The summed E-state index contributed by atoms with van der Waals surface area (Å²) in [6, 6.07) is 0. The van der Waals surface area contributed by atoms with E-state index in [4.69, 9.17) is 9.47 Å². The first-order valence-electron chi connectivity index (χ1n) is 4.79. The molecule has 3 nitrogen and oxygen atoms in total. The first-order chi connectivity index (χ1) is 5.88. The highest BCUT2D eigenvalue weighted by atomic mass is 16.8. The van der Waals surface area contributed by atoms with Gasteiger partial charge in [0.1, 0.15) is 6.10 Å². The average Bonchev–Trinajstić information content (AvgIpc) is 2.53. The molecule has 1 saturated carbocycles. The van der Waals surface area contributed by atoms with E-state index in [2.05, 4.69) is 0 Å². The molecule has 2 atom stereocenters. The molecule has 0 unspecified atom stereocenters. The molecule has 2 aliphatic rings. The van der Waals surface area contributed by atoms with E-state index in [1.165, 1.54) is 32.1 Å². The lowest BCUT2D eigenvalue weighted by atomic mass is 9.85. The van der Waals surface area contributed by atoms with E-state index < -0.39 is 6.29 Å². The van der Waals surface area contributed by atoms with Crippen LogP contribution in [0, 0.1) is 5.92 Å².